The van der Waals surface area contributed by atoms with Crippen molar-refractivity contribution in [3.8, 4) is 23.0 Å². The Morgan fingerprint density at radius 1 is 0.431 bits per heavy atom. The van der Waals surface area contributed by atoms with Crippen molar-refractivity contribution in [2.45, 2.75) is 58.5 Å². The Hall–Kier alpha value is -6.72. The molecule has 348 valence electrons. The van der Waals surface area contributed by atoms with Crippen molar-refractivity contribution >= 4 is 45.4 Å². The number of ether oxygens (including phenoxy) is 8. The van der Waals surface area contributed by atoms with Gasteiger partial charge in [0.15, 0.2) is 0 Å². The van der Waals surface area contributed by atoms with Gasteiger partial charge in [0, 0.05) is 41.9 Å². The Morgan fingerprint density at radius 2 is 0.723 bits per heavy atom. The van der Waals surface area contributed by atoms with E-state index in [2.05, 4.69) is 0 Å². The number of rotatable bonds is 26. The van der Waals surface area contributed by atoms with Crippen molar-refractivity contribution in [2.75, 3.05) is 52.9 Å². The summed E-state index contributed by atoms with van der Waals surface area (Å²) in [5.74, 6) is -1.05. The molecule has 65 heavy (non-hydrogen) atoms. The predicted molar refractivity (Wildman–Crippen MR) is 240 cm³/mol. The molecule has 0 spiro atoms. The van der Waals surface area contributed by atoms with Crippen LogP contribution in [0.1, 0.15) is 38.8 Å². The Bertz CT molecular complexity index is 2160. The summed E-state index contributed by atoms with van der Waals surface area (Å²) in [5.41, 5.74) is 1.18. The maximum atomic E-state index is 11.9. The molecular formula is C49H56O16. The van der Waals surface area contributed by atoms with E-state index >= 15 is 0 Å². The van der Waals surface area contributed by atoms with Crippen LogP contribution in [0.4, 0.5) is 0 Å². The summed E-state index contributed by atoms with van der Waals surface area (Å²) in [6, 6.07) is 17.6. The fraction of sp³-hybridized carbons (Fsp3) is 0.347. The lowest BCUT2D eigenvalue weighted by Crippen LogP contribution is -2.25. The minimum absolute atomic E-state index is 0.0953. The lowest BCUT2D eigenvalue weighted by atomic mass is 9.93. The standard InChI is InChI=1S/C49H56O16/c1-5-9-46(54)62-28-34(50)24-58-38-17-13-32-15-19-44(60-26-36(52)30-64-48(56)11-7-3)42(40(32)21-38)23-43-41-22-39(59-25-35(51)29-63-47(55)10-6-2)18-14-33(41)16-20-45(43)61-27-37(53)31-65-49(57)12-8-4/h5-22,34-37,50-53H,23-31H2,1-4H3/b9-5+,10-6+,11-7+,12-8+. The van der Waals surface area contributed by atoms with Crippen LogP contribution in [0.2, 0.25) is 0 Å². The molecule has 0 fully saturated rings. The maximum Gasteiger partial charge on any atom is 0.330 e. The van der Waals surface area contributed by atoms with E-state index in [0.29, 0.717) is 44.9 Å². The van der Waals surface area contributed by atoms with Gasteiger partial charge in [0.1, 0.15) is 100 Å². The van der Waals surface area contributed by atoms with Crippen LogP contribution in [-0.4, -0.2) is 122 Å². The van der Waals surface area contributed by atoms with Gasteiger partial charge in [-0.1, -0.05) is 48.6 Å². The zero-order valence-electron chi connectivity index (χ0n) is 36.8. The number of hydrogen-bond donors (Lipinski definition) is 4. The molecule has 4 unspecified atom stereocenters. The summed E-state index contributed by atoms with van der Waals surface area (Å²) >= 11 is 0. The number of aliphatic hydroxyl groups is 4. The number of fused-ring (bicyclic) bond motifs is 2. The molecule has 0 saturated heterocycles. The highest BCUT2D eigenvalue weighted by atomic mass is 16.6. The number of esters is 4. The largest absolute Gasteiger partial charge is 0.491 e. The predicted octanol–water partition coefficient (Wildman–Crippen LogP) is 5.02. The summed E-state index contributed by atoms with van der Waals surface area (Å²) < 4.78 is 44.7. The lowest BCUT2D eigenvalue weighted by Gasteiger charge is -2.21. The second kappa shape index (κ2) is 26.8. The molecule has 4 aromatic rings. The van der Waals surface area contributed by atoms with Gasteiger partial charge in [0.25, 0.3) is 0 Å². The molecule has 0 radical (unpaired) electrons. The number of hydrogen-bond acceptors (Lipinski definition) is 16. The van der Waals surface area contributed by atoms with Gasteiger partial charge in [-0.3, -0.25) is 0 Å². The average molecular weight is 901 g/mol. The molecule has 0 saturated carbocycles. The molecular weight excluding hydrogens is 845 g/mol. The lowest BCUT2D eigenvalue weighted by molar-refractivity contribution is -0.142. The van der Waals surface area contributed by atoms with Crippen molar-refractivity contribution in [3.05, 3.63) is 120 Å². The molecule has 4 aromatic carbocycles. The van der Waals surface area contributed by atoms with Gasteiger partial charge < -0.3 is 58.3 Å². The first kappa shape index (κ1) is 50.9. The van der Waals surface area contributed by atoms with Gasteiger partial charge in [-0.25, -0.2) is 19.2 Å². The highest BCUT2D eigenvalue weighted by Gasteiger charge is 2.20. The number of carbonyl (C=O) groups is 4. The van der Waals surface area contributed by atoms with Crippen molar-refractivity contribution in [1.82, 2.24) is 0 Å². The first-order valence-electron chi connectivity index (χ1n) is 20.9. The van der Waals surface area contributed by atoms with Gasteiger partial charge in [0.2, 0.25) is 0 Å². The Labute approximate surface area is 376 Å². The van der Waals surface area contributed by atoms with E-state index < -0.39 is 48.3 Å². The minimum atomic E-state index is -1.20. The topological polar surface area (TPSA) is 223 Å². The summed E-state index contributed by atoms with van der Waals surface area (Å²) in [7, 11) is 0. The van der Waals surface area contributed by atoms with Gasteiger partial charge in [-0.05, 0) is 85.6 Å². The van der Waals surface area contributed by atoms with Crippen molar-refractivity contribution in [3.63, 3.8) is 0 Å². The molecule has 4 atom stereocenters. The smallest absolute Gasteiger partial charge is 0.330 e. The molecule has 0 aliphatic rings. The normalized spacial score (nSPS) is 13.5. The Balaban J connectivity index is 1.77. The third kappa shape index (κ3) is 17.1. The first-order chi connectivity index (χ1) is 31.3. The van der Waals surface area contributed by atoms with Gasteiger partial charge in [-0.2, -0.15) is 0 Å². The van der Waals surface area contributed by atoms with E-state index in [-0.39, 0.29) is 59.3 Å². The Morgan fingerprint density at radius 3 is 1.03 bits per heavy atom. The molecule has 0 aliphatic carbocycles. The Kier molecular flexibility index (Phi) is 21.0. The van der Waals surface area contributed by atoms with Crippen LogP contribution in [-0.2, 0) is 44.5 Å². The molecule has 16 heteroatoms. The number of aliphatic hydroxyl groups excluding tert-OH is 4. The highest BCUT2D eigenvalue weighted by molar-refractivity contribution is 5.93. The molecule has 4 N–H and O–H groups in total. The second-order valence-corrected chi connectivity index (χ2v) is 14.4. The molecule has 4 rings (SSSR count). The third-order valence-corrected chi connectivity index (χ3v) is 9.11. The minimum Gasteiger partial charge on any atom is -0.491 e. The van der Waals surface area contributed by atoms with E-state index in [1.807, 2.05) is 24.3 Å². The van der Waals surface area contributed by atoms with Gasteiger partial charge in [-0.15, -0.1) is 0 Å². The number of benzene rings is 4. The fourth-order valence-corrected chi connectivity index (χ4v) is 6.07. The highest BCUT2D eigenvalue weighted by Crippen LogP contribution is 2.38. The zero-order chi connectivity index (χ0) is 47.1. The first-order valence-corrected chi connectivity index (χ1v) is 20.9. The quantitative estimate of drug-likeness (QED) is 0.0369. The average Bonchev–Trinajstić information content (AvgIpc) is 3.29. The van der Waals surface area contributed by atoms with E-state index in [1.54, 1.807) is 64.1 Å². The van der Waals surface area contributed by atoms with Crippen LogP contribution in [0, 0.1) is 0 Å². The summed E-state index contributed by atoms with van der Waals surface area (Å²) in [5, 5.41) is 45.4. The van der Waals surface area contributed by atoms with Crippen molar-refractivity contribution in [2.24, 2.45) is 0 Å². The fourth-order valence-electron chi connectivity index (χ4n) is 6.07. The van der Waals surface area contributed by atoms with Crippen molar-refractivity contribution in [1.29, 1.82) is 0 Å². The van der Waals surface area contributed by atoms with Crippen LogP contribution in [0.15, 0.2) is 109 Å². The molecule has 0 bridgehead atoms. The van der Waals surface area contributed by atoms with E-state index in [4.69, 9.17) is 37.9 Å². The van der Waals surface area contributed by atoms with E-state index in [1.165, 1.54) is 48.6 Å². The van der Waals surface area contributed by atoms with Crippen LogP contribution in [0.5, 0.6) is 23.0 Å². The van der Waals surface area contributed by atoms with Crippen LogP contribution < -0.4 is 18.9 Å². The zero-order valence-corrected chi connectivity index (χ0v) is 36.8. The van der Waals surface area contributed by atoms with Crippen molar-refractivity contribution < 1.29 is 77.5 Å². The molecule has 0 aromatic heterocycles. The maximum absolute atomic E-state index is 11.9. The van der Waals surface area contributed by atoms with Crippen LogP contribution in [0.25, 0.3) is 21.5 Å². The summed E-state index contributed by atoms with van der Waals surface area (Å²) in [4.78, 5) is 47.4. The molecule has 0 heterocycles. The number of carbonyl (C=O) groups excluding carboxylic acids is 4. The molecule has 16 nitrogen and oxygen atoms in total. The van der Waals surface area contributed by atoms with Gasteiger partial charge in [0.05, 0.1) is 0 Å². The summed E-state index contributed by atoms with van der Waals surface area (Å²) in [6.45, 7) is 4.45. The number of allylic oxidation sites excluding steroid dienone is 4. The van der Waals surface area contributed by atoms with Gasteiger partial charge >= 0.3 is 23.9 Å². The second-order valence-electron chi connectivity index (χ2n) is 14.4. The summed E-state index contributed by atoms with van der Waals surface area (Å²) in [6.07, 6.45) is 6.41. The van der Waals surface area contributed by atoms with Crippen LogP contribution in [0.3, 0.4) is 0 Å². The van der Waals surface area contributed by atoms with Crippen LogP contribution >= 0.6 is 0 Å². The molecule has 0 aliphatic heterocycles. The van der Waals surface area contributed by atoms with E-state index in [9.17, 15) is 39.6 Å². The monoisotopic (exact) mass is 900 g/mol. The van der Waals surface area contributed by atoms with E-state index in [0.717, 1.165) is 10.8 Å². The SMILES string of the molecule is C/C=C/C(=O)OCC(O)COc1ccc2ccc(OCC(O)COC(=O)/C=C/C)c(Cc3c(OCC(O)COC(=O)/C=C/C)ccc4ccc(OCC(O)COC(=O)/C=C/C)cc34)c2c1. The molecule has 0 amide bonds. The third-order valence-electron chi connectivity index (χ3n) is 9.11.